The molecule has 0 saturated carbocycles. The van der Waals surface area contributed by atoms with Crippen molar-refractivity contribution in [3.63, 3.8) is 0 Å². The van der Waals surface area contributed by atoms with Crippen LogP contribution in [-0.4, -0.2) is 48.5 Å². The molecular formula is C20H19N5O3S2. The van der Waals surface area contributed by atoms with E-state index in [1.165, 1.54) is 21.9 Å². The van der Waals surface area contributed by atoms with E-state index in [0.717, 1.165) is 15.4 Å². The lowest BCUT2D eigenvalue weighted by Crippen LogP contribution is -2.37. The van der Waals surface area contributed by atoms with Crippen molar-refractivity contribution in [1.29, 1.82) is 0 Å². The lowest BCUT2D eigenvalue weighted by Gasteiger charge is -2.29. The molecule has 0 aromatic carbocycles. The maximum atomic E-state index is 12.2. The van der Waals surface area contributed by atoms with Crippen LogP contribution < -0.4 is 4.31 Å². The highest BCUT2D eigenvalue weighted by Gasteiger charge is 2.29. The third-order valence-electron chi connectivity index (χ3n) is 4.40. The molecule has 8 nitrogen and oxygen atoms in total. The van der Waals surface area contributed by atoms with Gasteiger partial charge in [-0.25, -0.2) is 18.4 Å². The predicted molar refractivity (Wildman–Crippen MR) is 118 cm³/mol. The Balaban J connectivity index is 1.75. The second-order valence-corrected chi connectivity index (χ2v) is 9.48. The Kier molecular flexibility index (Phi) is 5.60. The minimum absolute atomic E-state index is 0.262. The Hall–Kier alpha value is -3.11. The average Bonchev–Trinajstić information content (AvgIpc) is 3.24. The molecule has 0 spiro atoms. The maximum Gasteiger partial charge on any atom is 0.232 e. The molecule has 154 valence electrons. The van der Waals surface area contributed by atoms with E-state index in [1.807, 2.05) is 12.1 Å². The summed E-state index contributed by atoms with van der Waals surface area (Å²) in [6.45, 7) is 4.15. The smallest absolute Gasteiger partial charge is 0.232 e. The van der Waals surface area contributed by atoms with Crippen LogP contribution >= 0.6 is 11.3 Å². The topological polar surface area (TPSA) is 97.6 Å². The van der Waals surface area contributed by atoms with Crippen molar-refractivity contribution < 1.29 is 13.3 Å². The molecule has 1 aliphatic heterocycles. The van der Waals surface area contributed by atoms with Crippen molar-refractivity contribution in [2.24, 2.45) is 5.16 Å². The number of hydrogen-bond acceptors (Lipinski definition) is 8. The van der Waals surface area contributed by atoms with Crippen molar-refractivity contribution >= 4 is 32.8 Å². The second-order valence-electron chi connectivity index (χ2n) is 6.54. The zero-order chi connectivity index (χ0) is 21.1. The third-order valence-corrected chi connectivity index (χ3v) is 6.65. The molecule has 0 aliphatic carbocycles. The maximum absolute atomic E-state index is 12.2. The molecule has 3 aromatic rings. The first kappa shape index (κ1) is 20.2. The van der Waals surface area contributed by atoms with Crippen molar-refractivity contribution in [1.82, 2.24) is 15.0 Å². The Labute approximate surface area is 178 Å². The van der Waals surface area contributed by atoms with E-state index in [2.05, 4.69) is 21.7 Å². The van der Waals surface area contributed by atoms with Gasteiger partial charge in [0.25, 0.3) is 0 Å². The van der Waals surface area contributed by atoms with Crippen molar-refractivity contribution in [3.8, 4) is 21.1 Å². The fraction of sp³-hybridized carbons (Fsp3) is 0.200. The van der Waals surface area contributed by atoms with Crippen molar-refractivity contribution in [2.45, 2.75) is 6.42 Å². The minimum Gasteiger partial charge on any atom is -0.391 e. The van der Waals surface area contributed by atoms with Gasteiger partial charge in [0.15, 0.2) is 0 Å². The first-order valence-electron chi connectivity index (χ1n) is 9.13. The van der Waals surface area contributed by atoms with Crippen LogP contribution in [0, 0.1) is 0 Å². The molecule has 10 heteroatoms. The molecule has 1 aliphatic rings. The van der Waals surface area contributed by atoms with E-state index in [4.69, 9.17) is 9.82 Å². The molecule has 4 rings (SSSR count). The Morgan fingerprint density at radius 1 is 1.33 bits per heavy atom. The van der Waals surface area contributed by atoms with Gasteiger partial charge in [-0.15, -0.1) is 11.3 Å². The largest absolute Gasteiger partial charge is 0.391 e. The van der Waals surface area contributed by atoms with Crippen LogP contribution in [-0.2, 0) is 14.9 Å². The Morgan fingerprint density at radius 2 is 2.20 bits per heavy atom. The van der Waals surface area contributed by atoms with Crippen LogP contribution in [0.2, 0.25) is 0 Å². The summed E-state index contributed by atoms with van der Waals surface area (Å²) in [7, 11) is -3.43. The van der Waals surface area contributed by atoms with E-state index in [0.29, 0.717) is 29.2 Å². The number of anilines is 1. The molecule has 0 N–H and O–H groups in total. The van der Waals surface area contributed by atoms with Crippen molar-refractivity contribution in [3.05, 3.63) is 61.2 Å². The first-order valence-corrected chi connectivity index (χ1v) is 11.8. The number of sulfonamides is 1. The van der Waals surface area contributed by atoms with Crippen LogP contribution in [0.5, 0.6) is 0 Å². The monoisotopic (exact) mass is 441 g/mol. The van der Waals surface area contributed by atoms with E-state index >= 15 is 0 Å². The fourth-order valence-corrected chi connectivity index (χ4v) is 4.87. The molecule has 0 atom stereocenters. The summed E-state index contributed by atoms with van der Waals surface area (Å²) >= 11 is 1.49. The van der Waals surface area contributed by atoms with E-state index < -0.39 is 10.0 Å². The number of thiazole rings is 1. The summed E-state index contributed by atoms with van der Waals surface area (Å²) in [6.07, 6.45) is 8.41. The molecule has 0 unspecified atom stereocenters. The minimum atomic E-state index is -3.43. The fourth-order valence-electron chi connectivity index (χ4n) is 3.07. The quantitative estimate of drug-likeness (QED) is 0.331. The number of pyridine rings is 2. The molecule has 30 heavy (non-hydrogen) atoms. The molecule has 0 bridgehead atoms. The number of hydrogen-bond donors (Lipinski definition) is 0. The highest BCUT2D eigenvalue weighted by Crippen LogP contribution is 2.34. The zero-order valence-electron chi connectivity index (χ0n) is 16.2. The number of nitrogens with zero attached hydrogens (tertiary/aromatic N) is 5. The lowest BCUT2D eigenvalue weighted by molar-refractivity contribution is 0.174. The van der Waals surface area contributed by atoms with E-state index in [1.54, 1.807) is 36.8 Å². The van der Waals surface area contributed by atoms with Gasteiger partial charge in [-0.2, -0.15) is 0 Å². The van der Waals surface area contributed by atoms with Gasteiger partial charge in [0, 0.05) is 37.1 Å². The van der Waals surface area contributed by atoms with Gasteiger partial charge in [-0.1, -0.05) is 17.8 Å². The summed E-state index contributed by atoms with van der Waals surface area (Å²) in [6, 6.07) is 7.36. The van der Waals surface area contributed by atoms with Crippen LogP contribution in [0.3, 0.4) is 0 Å². The average molecular weight is 442 g/mol. The summed E-state index contributed by atoms with van der Waals surface area (Å²) in [5, 5.41) is 4.99. The number of rotatable bonds is 6. The standard InChI is InChI=1S/C20H19N5O3S2/c1-3-11-28-24-16-8-10-25(30(2,26)27)17-7-6-15(23-19(16)17)18-13-22-20(29-18)14-5-4-9-21-12-14/h3-7,9,12-13H,1,8,10-11H2,2H3/b24-16+. The molecule has 0 saturated heterocycles. The van der Waals surface area contributed by atoms with Crippen LogP contribution in [0.4, 0.5) is 5.69 Å². The molecule has 0 radical (unpaired) electrons. The molecule has 3 aromatic heterocycles. The van der Waals surface area contributed by atoms with Gasteiger partial charge < -0.3 is 4.84 Å². The summed E-state index contributed by atoms with van der Waals surface area (Å²) in [5.74, 6) is 0. The third kappa shape index (κ3) is 4.10. The normalized spacial score (nSPS) is 15.1. The Bertz CT molecular complexity index is 1210. The van der Waals surface area contributed by atoms with Gasteiger partial charge >= 0.3 is 0 Å². The van der Waals surface area contributed by atoms with E-state index in [-0.39, 0.29) is 13.2 Å². The summed E-state index contributed by atoms with van der Waals surface area (Å²) in [5.41, 5.74) is 3.20. The van der Waals surface area contributed by atoms with Gasteiger partial charge in [0.05, 0.1) is 22.5 Å². The first-order chi connectivity index (χ1) is 14.5. The Morgan fingerprint density at radius 3 is 2.93 bits per heavy atom. The second kappa shape index (κ2) is 8.33. The van der Waals surface area contributed by atoms with Gasteiger partial charge in [0.2, 0.25) is 10.0 Å². The van der Waals surface area contributed by atoms with Crippen LogP contribution in [0.1, 0.15) is 12.1 Å². The SMILES string of the molecule is C=CCO/N=C1\CCN(S(C)(=O)=O)c2ccc(-c3cnc(-c4cccnc4)s3)nc21. The van der Waals surface area contributed by atoms with Gasteiger partial charge in [0.1, 0.15) is 23.0 Å². The molecule has 0 fully saturated rings. The van der Waals surface area contributed by atoms with Crippen molar-refractivity contribution in [2.75, 3.05) is 23.7 Å². The summed E-state index contributed by atoms with van der Waals surface area (Å²) < 4.78 is 25.8. The molecule has 0 amide bonds. The highest BCUT2D eigenvalue weighted by molar-refractivity contribution is 7.92. The summed E-state index contributed by atoms with van der Waals surface area (Å²) in [4.78, 5) is 19.4. The molecular weight excluding hydrogens is 422 g/mol. The highest BCUT2D eigenvalue weighted by atomic mass is 32.2. The van der Waals surface area contributed by atoms with E-state index in [9.17, 15) is 8.42 Å². The van der Waals surface area contributed by atoms with Crippen LogP contribution in [0.15, 0.2) is 60.7 Å². The van der Waals surface area contributed by atoms with Gasteiger partial charge in [-0.05, 0) is 24.3 Å². The predicted octanol–water partition coefficient (Wildman–Crippen LogP) is 3.34. The van der Waals surface area contributed by atoms with Gasteiger partial charge in [-0.3, -0.25) is 9.29 Å². The molecule has 4 heterocycles. The van der Waals surface area contributed by atoms with Crippen LogP contribution in [0.25, 0.3) is 21.1 Å². The number of aromatic nitrogens is 3. The lowest BCUT2D eigenvalue weighted by atomic mass is 10.1. The number of oxime groups is 1. The number of fused-ring (bicyclic) bond motifs is 1. The zero-order valence-corrected chi connectivity index (χ0v) is 17.9.